The van der Waals surface area contributed by atoms with Gasteiger partial charge in [-0.3, -0.25) is 0 Å². The topological polar surface area (TPSA) is 28.5 Å². The third-order valence-corrected chi connectivity index (χ3v) is 9.57. The minimum Gasteiger partial charge on any atom is -2.00 e. The van der Waals surface area contributed by atoms with E-state index >= 15 is 0 Å². The lowest BCUT2D eigenvalue weighted by molar-refractivity contribution is 0.610. The lowest BCUT2D eigenvalue weighted by atomic mass is 10.1. The zero-order valence-electron chi connectivity index (χ0n) is 18.8. The van der Waals surface area contributed by atoms with Crippen molar-refractivity contribution >= 4 is 14.1 Å². The molecule has 0 aromatic rings. The molecule has 158 valence electrons. The van der Waals surface area contributed by atoms with Crippen molar-refractivity contribution < 1.29 is 5.48 Å². The summed E-state index contributed by atoms with van der Waals surface area (Å²) in [5, 5.41) is 4.99. The molecule has 0 spiro atoms. The van der Waals surface area contributed by atoms with Gasteiger partial charge >= 0.3 is 0 Å². The molecule has 0 aromatic carbocycles. The summed E-state index contributed by atoms with van der Waals surface area (Å²) >= 11 is -0.410. The first-order valence-electron chi connectivity index (χ1n) is 12.3. The predicted octanol–water partition coefficient (Wildman–Crippen LogP) is 9.44. The van der Waals surface area contributed by atoms with Gasteiger partial charge in [-0.15, -0.1) is 0 Å². The van der Waals surface area contributed by atoms with E-state index in [1.165, 1.54) is 96.3 Å². The summed E-state index contributed by atoms with van der Waals surface area (Å²) < 4.78 is 0. The van der Waals surface area contributed by atoms with Crippen molar-refractivity contribution in [1.82, 2.24) is 0 Å². The number of unbranched alkanes of at least 4 members (excludes halogenated alkanes) is 15. The Kier molecular flexibility index (Phi) is 28.1. The average Bonchev–Trinajstić information content (AvgIpc) is 2.63. The number of rotatable bonds is 21. The maximum absolute atomic E-state index is 2.32. The standard InChI is InChI=1S/3C8H17.Al.O/c3*1-3-5-7-8-6-4-2;;/h3*1,3-8H2,2H3;;/q;;;;-2. The first-order valence-corrected chi connectivity index (χ1v) is 14.8. The Balaban J connectivity index is 0. The highest BCUT2D eigenvalue weighted by atomic mass is 27.2. The summed E-state index contributed by atoms with van der Waals surface area (Å²) in [7, 11) is 0. The van der Waals surface area contributed by atoms with Gasteiger partial charge in [0.05, 0.1) is 0 Å². The van der Waals surface area contributed by atoms with E-state index in [0.29, 0.717) is 0 Å². The molecule has 0 fully saturated rings. The molecule has 1 nitrogen and oxygen atoms in total. The minimum absolute atomic E-state index is 0. The van der Waals surface area contributed by atoms with Crippen LogP contribution in [0.3, 0.4) is 0 Å². The maximum Gasteiger partial charge on any atom is 0.261 e. The van der Waals surface area contributed by atoms with Crippen molar-refractivity contribution in [2.24, 2.45) is 0 Å². The molecule has 0 rings (SSSR count). The lowest BCUT2D eigenvalue weighted by Crippen LogP contribution is -2.12. The first kappa shape index (κ1) is 28.7. The van der Waals surface area contributed by atoms with Gasteiger partial charge in [-0.2, -0.15) is 0 Å². The van der Waals surface area contributed by atoms with Gasteiger partial charge in [0.1, 0.15) is 0 Å². The smallest absolute Gasteiger partial charge is 0.261 e. The summed E-state index contributed by atoms with van der Waals surface area (Å²) in [6.07, 6.45) is 26.7. The van der Waals surface area contributed by atoms with E-state index < -0.39 is 14.1 Å². The maximum atomic E-state index is 2.32. The molecule has 0 saturated carbocycles. The fourth-order valence-electron chi connectivity index (χ4n) is 4.07. The summed E-state index contributed by atoms with van der Waals surface area (Å²) in [5.74, 6) is 0. The van der Waals surface area contributed by atoms with Crippen LogP contribution in [0.5, 0.6) is 0 Å². The largest absolute Gasteiger partial charge is 2.00 e. The minimum atomic E-state index is -0.410. The molecule has 0 aliphatic carbocycles. The third-order valence-electron chi connectivity index (χ3n) is 5.90. The van der Waals surface area contributed by atoms with Gasteiger partial charge in [0.25, 0.3) is 14.1 Å². The predicted molar refractivity (Wildman–Crippen MR) is 121 cm³/mol. The fraction of sp³-hybridized carbons (Fsp3) is 1.00. The van der Waals surface area contributed by atoms with Crippen molar-refractivity contribution in [3.63, 3.8) is 0 Å². The van der Waals surface area contributed by atoms with Gasteiger partial charge in [-0.25, -0.2) is 0 Å². The highest BCUT2D eigenvalue weighted by molar-refractivity contribution is 6.58. The van der Waals surface area contributed by atoms with E-state index in [9.17, 15) is 0 Å². The van der Waals surface area contributed by atoms with Crippen LogP contribution < -0.4 is 0 Å². The summed E-state index contributed by atoms with van der Waals surface area (Å²) in [4.78, 5) is 0. The van der Waals surface area contributed by atoms with E-state index in [1.54, 1.807) is 35.1 Å². The van der Waals surface area contributed by atoms with Crippen molar-refractivity contribution in [2.75, 3.05) is 0 Å². The third kappa shape index (κ3) is 22.5. The molecule has 0 radical (unpaired) electrons. The Morgan fingerprint density at radius 2 is 0.577 bits per heavy atom. The second kappa shape index (κ2) is 25.5. The molecule has 0 aliphatic rings. The molecule has 0 N–H and O–H groups in total. The van der Waals surface area contributed by atoms with E-state index in [2.05, 4.69) is 20.8 Å². The van der Waals surface area contributed by atoms with E-state index in [1.807, 2.05) is 0 Å². The molecule has 2 heteroatoms. The van der Waals surface area contributed by atoms with Crippen LogP contribution in [0.1, 0.15) is 136 Å². The Bertz CT molecular complexity index is 194. The normalized spacial score (nSPS) is 10.7. The van der Waals surface area contributed by atoms with E-state index in [4.69, 9.17) is 0 Å². The quantitative estimate of drug-likeness (QED) is 0.140. The molecule has 0 saturated heterocycles. The Labute approximate surface area is 171 Å². The molecule has 0 bridgehead atoms. The summed E-state index contributed by atoms with van der Waals surface area (Å²) in [6.45, 7) is 6.97. The highest BCUT2D eigenvalue weighted by Crippen LogP contribution is 2.20. The van der Waals surface area contributed by atoms with Crippen LogP contribution in [0, 0.1) is 0 Å². The fourth-order valence-corrected chi connectivity index (χ4v) is 7.54. The van der Waals surface area contributed by atoms with Crippen LogP contribution in [-0.2, 0) is 5.48 Å². The molecule has 0 aromatic heterocycles. The molecule has 26 heavy (non-hydrogen) atoms. The SMILES string of the molecule is CCCCCCC[CH2][Al]([CH2]CCCCCCC)[CH2]CCCCCCC.[O-2]. The molecule has 0 aliphatic heterocycles. The van der Waals surface area contributed by atoms with Gasteiger partial charge < -0.3 is 5.48 Å². The Morgan fingerprint density at radius 3 is 0.846 bits per heavy atom. The molecule has 0 unspecified atom stereocenters. The number of hydrogen-bond acceptors (Lipinski definition) is 0. The molecule has 0 amide bonds. The zero-order valence-corrected chi connectivity index (χ0v) is 20.0. The van der Waals surface area contributed by atoms with Gasteiger partial charge in [0, 0.05) is 0 Å². The highest BCUT2D eigenvalue weighted by Gasteiger charge is 2.15. The van der Waals surface area contributed by atoms with Crippen molar-refractivity contribution in [3.8, 4) is 0 Å². The van der Waals surface area contributed by atoms with Crippen LogP contribution in [-0.4, -0.2) is 14.1 Å². The second-order valence-electron chi connectivity index (χ2n) is 8.54. The van der Waals surface area contributed by atoms with Gasteiger partial charge in [-0.05, 0) is 0 Å². The monoisotopic (exact) mass is 382 g/mol. The van der Waals surface area contributed by atoms with Gasteiger partial charge in [0.2, 0.25) is 0 Å². The molecule has 0 heterocycles. The first-order chi connectivity index (χ1) is 12.3. The average molecular weight is 383 g/mol. The second-order valence-corrected chi connectivity index (χ2v) is 12.0. The van der Waals surface area contributed by atoms with E-state index in [0.717, 1.165) is 0 Å². The van der Waals surface area contributed by atoms with E-state index in [-0.39, 0.29) is 5.48 Å². The molecular weight excluding hydrogens is 331 g/mol. The number of hydrogen-bond donors (Lipinski definition) is 0. The van der Waals surface area contributed by atoms with Crippen molar-refractivity contribution in [1.29, 1.82) is 0 Å². The van der Waals surface area contributed by atoms with Crippen LogP contribution in [0.15, 0.2) is 0 Å². The summed E-state index contributed by atoms with van der Waals surface area (Å²) in [5.41, 5.74) is 0. The van der Waals surface area contributed by atoms with Crippen molar-refractivity contribution in [2.45, 2.75) is 152 Å². The van der Waals surface area contributed by atoms with Gasteiger partial charge in [0.15, 0.2) is 0 Å². The van der Waals surface area contributed by atoms with Crippen LogP contribution in [0.2, 0.25) is 15.8 Å². The summed E-state index contributed by atoms with van der Waals surface area (Å²) in [6, 6.07) is 0. The van der Waals surface area contributed by atoms with Crippen molar-refractivity contribution in [3.05, 3.63) is 0 Å². The van der Waals surface area contributed by atoms with Crippen LogP contribution in [0.25, 0.3) is 0 Å². The van der Waals surface area contributed by atoms with Crippen LogP contribution in [0.4, 0.5) is 0 Å². The molecule has 0 atom stereocenters. The van der Waals surface area contributed by atoms with Crippen LogP contribution >= 0.6 is 0 Å². The molecular formula is C24H51AlO-2. The zero-order chi connectivity index (χ0) is 18.4. The Morgan fingerprint density at radius 1 is 0.346 bits per heavy atom. The lowest BCUT2D eigenvalue weighted by Gasteiger charge is -2.12. The Hall–Kier alpha value is 0.492. The van der Waals surface area contributed by atoms with Gasteiger partial charge in [-0.1, -0.05) is 152 Å².